The van der Waals surface area contributed by atoms with Gasteiger partial charge in [0.15, 0.2) is 0 Å². The van der Waals surface area contributed by atoms with Gasteiger partial charge in [-0.15, -0.1) is 0 Å². The second-order valence-corrected chi connectivity index (χ2v) is 2.03. The summed E-state index contributed by atoms with van der Waals surface area (Å²) in [6.07, 6.45) is 0. The summed E-state index contributed by atoms with van der Waals surface area (Å²) in [5, 5.41) is 8.46. The van der Waals surface area contributed by atoms with Gasteiger partial charge >= 0.3 is 0 Å². The Morgan fingerprint density at radius 3 is 2.09 bits per heavy atom. The van der Waals surface area contributed by atoms with Gasteiger partial charge in [-0.3, -0.25) is 0 Å². The second kappa shape index (κ2) is 4.56. The van der Waals surface area contributed by atoms with Crippen LogP contribution in [0.1, 0.15) is 25.2 Å². The normalized spacial score (nSPS) is 7.91. The van der Waals surface area contributed by atoms with E-state index in [-0.39, 0.29) is 0 Å². The zero-order valence-corrected chi connectivity index (χ0v) is 7.55. The van der Waals surface area contributed by atoms with Crippen LogP contribution >= 0.6 is 0 Å². The van der Waals surface area contributed by atoms with Gasteiger partial charge in [-0.25, -0.2) is 0 Å². The lowest BCUT2D eigenvalue weighted by Gasteiger charge is -1.94. The molecule has 0 saturated carbocycles. The molecule has 0 radical (unpaired) electrons. The van der Waals surface area contributed by atoms with Crippen LogP contribution in [0.5, 0.6) is 0 Å². The highest BCUT2D eigenvalue weighted by molar-refractivity contribution is 5.25. The Morgan fingerprint density at radius 2 is 1.91 bits per heavy atom. The van der Waals surface area contributed by atoms with Crippen molar-refractivity contribution < 1.29 is 0 Å². The molecule has 1 aromatic rings. The maximum atomic E-state index is 8.46. The lowest BCUT2D eigenvalue weighted by Crippen LogP contribution is -1.92. The lowest BCUT2D eigenvalue weighted by molar-refractivity contribution is 0.866. The smallest absolute Gasteiger partial charge is 0.120 e. The molecule has 0 aromatic carbocycles. The number of nitriles is 1. The van der Waals surface area contributed by atoms with Crippen molar-refractivity contribution in [3.8, 4) is 6.07 Å². The molecule has 0 aliphatic rings. The summed E-state index contributed by atoms with van der Waals surface area (Å²) >= 11 is 0. The van der Waals surface area contributed by atoms with Crippen molar-refractivity contribution in [3.63, 3.8) is 0 Å². The molecule has 2 nitrogen and oxygen atoms in total. The highest BCUT2D eigenvalue weighted by atomic mass is 14.9. The molecule has 2 heteroatoms. The van der Waals surface area contributed by atoms with E-state index < -0.39 is 0 Å². The molecule has 0 saturated heterocycles. The predicted octanol–water partition coefficient (Wildman–Crippen LogP) is 2.23. The highest BCUT2D eigenvalue weighted by Gasteiger charge is 1.95. The van der Waals surface area contributed by atoms with Crippen LogP contribution in [-0.2, 0) is 7.05 Å². The Morgan fingerprint density at radius 1 is 1.36 bits per heavy atom. The molecule has 0 aliphatic carbocycles. The third kappa shape index (κ3) is 2.12. The first-order chi connectivity index (χ1) is 5.25. The average molecular weight is 150 g/mol. The number of hydrogen-bond donors (Lipinski definition) is 0. The van der Waals surface area contributed by atoms with Gasteiger partial charge in [-0.1, -0.05) is 13.8 Å². The first-order valence-electron chi connectivity index (χ1n) is 3.78. The molecule has 1 heterocycles. The van der Waals surface area contributed by atoms with E-state index in [0.29, 0.717) is 5.69 Å². The molecule has 0 aliphatic heterocycles. The minimum absolute atomic E-state index is 0.715. The van der Waals surface area contributed by atoms with E-state index in [0.717, 1.165) is 5.69 Å². The van der Waals surface area contributed by atoms with Crippen LogP contribution < -0.4 is 0 Å². The molecule has 1 rings (SSSR count). The minimum atomic E-state index is 0.715. The molecule has 0 atom stereocenters. The van der Waals surface area contributed by atoms with E-state index in [9.17, 15) is 0 Å². The first kappa shape index (κ1) is 9.77. The fourth-order valence-electron chi connectivity index (χ4n) is 0.725. The zero-order chi connectivity index (χ0) is 8.85. The number of aromatic nitrogens is 1. The van der Waals surface area contributed by atoms with Crippen molar-refractivity contribution in [2.24, 2.45) is 7.05 Å². The van der Waals surface area contributed by atoms with Gasteiger partial charge in [-0.05, 0) is 19.1 Å². The zero-order valence-electron chi connectivity index (χ0n) is 7.55. The summed E-state index contributed by atoms with van der Waals surface area (Å²) in [4.78, 5) is 0. The summed E-state index contributed by atoms with van der Waals surface area (Å²) < 4.78 is 1.86. The Labute approximate surface area is 68.1 Å². The summed E-state index contributed by atoms with van der Waals surface area (Å²) in [6.45, 7) is 5.97. The topological polar surface area (TPSA) is 28.7 Å². The summed E-state index contributed by atoms with van der Waals surface area (Å²) in [6, 6.07) is 5.82. The molecule has 0 amide bonds. The van der Waals surface area contributed by atoms with E-state index in [2.05, 4.69) is 6.07 Å². The van der Waals surface area contributed by atoms with Gasteiger partial charge in [0.2, 0.25) is 0 Å². The van der Waals surface area contributed by atoms with E-state index >= 15 is 0 Å². The van der Waals surface area contributed by atoms with Gasteiger partial charge in [0, 0.05) is 12.7 Å². The quantitative estimate of drug-likeness (QED) is 0.557. The molecule has 11 heavy (non-hydrogen) atoms. The lowest BCUT2D eigenvalue weighted by atomic mass is 10.5. The monoisotopic (exact) mass is 150 g/mol. The van der Waals surface area contributed by atoms with Crippen LogP contribution in [0.2, 0.25) is 0 Å². The Bertz CT molecular complexity index is 253. The number of rotatable bonds is 0. The van der Waals surface area contributed by atoms with E-state index in [1.165, 1.54) is 0 Å². The van der Waals surface area contributed by atoms with Crippen LogP contribution in [0.15, 0.2) is 12.1 Å². The van der Waals surface area contributed by atoms with Crippen LogP contribution in [0.4, 0.5) is 0 Å². The molecule has 0 unspecified atom stereocenters. The van der Waals surface area contributed by atoms with Gasteiger partial charge < -0.3 is 4.57 Å². The van der Waals surface area contributed by atoms with E-state index in [1.54, 1.807) is 0 Å². The molecular weight excluding hydrogens is 136 g/mol. The summed E-state index contributed by atoms with van der Waals surface area (Å²) in [5.74, 6) is 0. The first-order valence-corrected chi connectivity index (χ1v) is 3.78. The van der Waals surface area contributed by atoms with E-state index in [1.807, 2.05) is 44.5 Å². The highest BCUT2D eigenvalue weighted by Crippen LogP contribution is 2.02. The van der Waals surface area contributed by atoms with Gasteiger partial charge in [0.25, 0.3) is 0 Å². The van der Waals surface area contributed by atoms with Crippen molar-refractivity contribution >= 4 is 0 Å². The van der Waals surface area contributed by atoms with E-state index in [4.69, 9.17) is 5.26 Å². The van der Waals surface area contributed by atoms with Crippen molar-refractivity contribution in [1.82, 2.24) is 4.57 Å². The molecule has 60 valence electrons. The number of aryl methyl sites for hydroxylation is 1. The molecule has 0 spiro atoms. The Balaban J connectivity index is 0.000000461. The van der Waals surface area contributed by atoms with Gasteiger partial charge in [0.05, 0.1) is 0 Å². The maximum absolute atomic E-state index is 8.46. The fraction of sp³-hybridized carbons (Fsp3) is 0.444. The second-order valence-electron chi connectivity index (χ2n) is 2.03. The van der Waals surface area contributed by atoms with Crippen LogP contribution in [0.25, 0.3) is 0 Å². The fourth-order valence-corrected chi connectivity index (χ4v) is 0.725. The Kier molecular flexibility index (Phi) is 4.05. The Hall–Kier alpha value is -1.23. The van der Waals surface area contributed by atoms with Gasteiger partial charge in [0.1, 0.15) is 11.8 Å². The third-order valence-corrected chi connectivity index (χ3v) is 1.49. The average Bonchev–Trinajstić information content (AvgIpc) is 2.37. The molecule has 0 fully saturated rings. The van der Waals surface area contributed by atoms with Crippen molar-refractivity contribution in [2.45, 2.75) is 20.8 Å². The largest absolute Gasteiger partial charge is 0.340 e. The van der Waals surface area contributed by atoms with Crippen molar-refractivity contribution in [2.75, 3.05) is 0 Å². The van der Waals surface area contributed by atoms with Crippen molar-refractivity contribution in [3.05, 3.63) is 23.5 Å². The number of hydrogen-bond acceptors (Lipinski definition) is 1. The van der Waals surface area contributed by atoms with Crippen molar-refractivity contribution in [1.29, 1.82) is 5.26 Å². The summed E-state index contributed by atoms with van der Waals surface area (Å²) in [5.41, 5.74) is 1.83. The van der Waals surface area contributed by atoms with Crippen LogP contribution in [-0.4, -0.2) is 4.57 Å². The minimum Gasteiger partial charge on any atom is -0.340 e. The molecule has 0 N–H and O–H groups in total. The molecular formula is C9H14N2. The maximum Gasteiger partial charge on any atom is 0.120 e. The van der Waals surface area contributed by atoms with Crippen LogP contribution in [0.3, 0.4) is 0 Å². The van der Waals surface area contributed by atoms with Gasteiger partial charge in [-0.2, -0.15) is 5.26 Å². The predicted molar refractivity (Wildman–Crippen MR) is 46.2 cm³/mol. The van der Waals surface area contributed by atoms with Crippen LogP contribution in [0, 0.1) is 18.3 Å². The molecule has 1 aromatic heterocycles. The molecule has 0 bridgehead atoms. The number of nitrogens with zero attached hydrogens (tertiary/aromatic N) is 2. The summed E-state index contributed by atoms with van der Waals surface area (Å²) in [7, 11) is 1.88. The standard InChI is InChI=1S/C7H8N2.C2H6/c1-6-3-4-7(5-8)9(6)2;1-2/h3-4H,1-2H3;1-2H3. The third-order valence-electron chi connectivity index (χ3n) is 1.49. The SMILES string of the molecule is CC.Cc1ccc(C#N)n1C.